The molecule has 2 heterocycles. The number of halogens is 2. The fraction of sp³-hybridized carbons (Fsp3) is 0.0476. The van der Waals surface area contributed by atoms with Crippen LogP contribution in [0.1, 0.15) is 10.5 Å². The van der Waals surface area contributed by atoms with E-state index in [9.17, 15) is 22.0 Å². The zero-order valence-electron chi connectivity index (χ0n) is 16.1. The fourth-order valence-corrected chi connectivity index (χ4v) is 3.66. The van der Waals surface area contributed by atoms with Gasteiger partial charge in [0.2, 0.25) is 10.0 Å². The molecule has 0 aliphatic heterocycles. The number of H-pyrrole nitrogens is 1. The number of aromatic nitrogens is 2. The molecule has 0 unspecified atom stereocenters. The molecule has 10 heteroatoms. The number of anilines is 2. The largest absolute Gasteiger partial charge is 0.350 e. The third-order valence-corrected chi connectivity index (χ3v) is 5.02. The summed E-state index contributed by atoms with van der Waals surface area (Å²) in [7, 11) is -3.43. The van der Waals surface area contributed by atoms with E-state index in [0.717, 1.165) is 18.4 Å². The second-order valence-corrected chi connectivity index (χ2v) is 8.62. The number of hydrogen-bond donors (Lipinski definition) is 3. The van der Waals surface area contributed by atoms with Gasteiger partial charge in [-0.1, -0.05) is 6.07 Å². The second-order valence-electron chi connectivity index (χ2n) is 6.87. The minimum absolute atomic E-state index is 0.177. The summed E-state index contributed by atoms with van der Waals surface area (Å²) >= 11 is 0. The molecule has 4 rings (SSSR count). The highest BCUT2D eigenvalue weighted by molar-refractivity contribution is 7.92. The average Bonchev–Trinajstić information content (AvgIpc) is 3.10. The number of nitrogens with one attached hydrogen (secondary N) is 3. The first-order chi connectivity index (χ1) is 14.7. The van der Waals surface area contributed by atoms with Crippen LogP contribution >= 0.6 is 0 Å². The van der Waals surface area contributed by atoms with Gasteiger partial charge in [0.25, 0.3) is 5.91 Å². The van der Waals surface area contributed by atoms with Gasteiger partial charge < -0.3 is 10.3 Å². The molecule has 2 aromatic heterocycles. The first-order valence-corrected chi connectivity index (χ1v) is 10.9. The van der Waals surface area contributed by atoms with Gasteiger partial charge >= 0.3 is 0 Å². The van der Waals surface area contributed by atoms with Crippen molar-refractivity contribution in [1.82, 2.24) is 9.97 Å². The van der Waals surface area contributed by atoms with Crippen molar-refractivity contribution in [3.8, 4) is 11.1 Å². The lowest BCUT2D eigenvalue weighted by molar-refractivity contribution is 0.102. The van der Waals surface area contributed by atoms with E-state index in [2.05, 4.69) is 20.0 Å². The molecule has 158 valence electrons. The smallest absolute Gasteiger partial charge is 0.273 e. The van der Waals surface area contributed by atoms with E-state index in [1.165, 1.54) is 18.3 Å². The molecule has 0 saturated heterocycles. The first-order valence-electron chi connectivity index (χ1n) is 9.01. The lowest BCUT2D eigenvalue weighted by Crippen LogP contribution is -2.13. The molecule has 31 heavy (non-hydrogen) atoms. The fourth-order valence-electron chi connectivity index (χ4n) is 3.10. The van der Waals surface area contributed by atoms with E-state index in [0.29, 0.717) is 22.2 Å². The first kappa shape index (κ1) is 20.5. The van der Waals surface area contributed by atoms with Crippen LogP contribution in [0.25, 0.3) is 22.0 Å². The van der Waals surface area contributed by atoms with Gasteiger partial charge in [0.1, 0.15) is 23.1 Å². The van der Waals surface area contributed by atoms with Crippen molar-refractivity contribution in [2.45, 2.75) is 0 Å². The van der Waals surface area contributed by atoms with Crippen molar-refractivity contribution in [1.29, 1.82) is 0 Å². The van der Waals surface area contributed by atoms with Crippen molar-refractivity contribution >= 4 is 38.3 Å². The second kappa shape index (κ2) is 7.80. The Morgan fingerprint density at radius 3 is 2.58 bits per heavy atom. The topological polar surface area (TPSA) is 104 Å². The van der Waals surface area contributed by atoms with Gasteiger partial charge in [-0.15, -0.1) is 0 Å². The minimum atomic E-state index is -3.43. The Morgan fingerprint density at radius 2 is 1.84 bits per heavy atom. The number of fused-ring (bicyclic) bond motifs is 1. The van der Waals surface area contributed by atoms with Crippen molar-refractivity contribution in [2.24, 2.45) is 0 Å². The van der Waals surface area contributed by atoms with Gasteiger partial charge in [0, 0.05) is 28.7 Å². The maximum atomic E-state index is 14.1. The molecule has 0 atom stereocenters. The molecule has 0 aliphatic rings. The van der Waals surface area contributed by atoms with Crippen LogP contribution < -0.4 is 10.0 Å². The highest BCUT2D eigenvalue weighted by Gasteiger charge is 2.13. The molecular weight excluding hydrogens is 426 g/mol. The Labute approximate surface area is 176 Å². The molecule has 4 aromatic rings. The monoisotopic (exact) mass is 442 g/mol. The van der Waals surface area contributed by atoms with E-state index in [1.807, 2.05) is 0 Å². The summed E-state index contributed by atoms with van der Waals surface area (Å²) in [5.74, 6) is -1.71. The van der Waals surface area contributed by atoms with E-state index < -0.39 is 27.6 Å². The van der Waals surface area contributed by atoms with E-state index in [4.69, 9.17) is 0 Å². The van der Waals surface area contributed by atoms with Crippen molar-refractivity contribution in [2.75, 3.05) is 16.3 Å². The van der Waals surface area contributed by atoms with E-state index >= 15 is 0 Å². The molecular formula is C21H16F2N4O3S. The molecule has 0 fully saturated rings. The number of aromatic amines is 1. The highest BCUT2D eigenvalue weighted by atomic mass is 32.2. The normalized spacial score (nSPS) is 11.5. The molecule has 0 saturated carbocycles. The minimum Gasteiger partial charge on any atom is -0.350 e. The summed E-state index contributed by atoms with van der Waals surface area (Å²) < 4.78 is 52.3. The zero-order valence-corrected chi connectivity index (χ0v) is 16.9. The summed E-state index contributed by atoms with van der Waals surface area (Å²) in [6.45, 7) is 0. The molecule has 7 nitrogen and oxygen atoms in total. The molecule has 0 spiro atoms. The van der Waals surface area contributed by atoms with Gasteiger partial charge in [-0.05, 0) is 48.0 Å². The number of nitrogens with zero attached hydrogens (tertiary/aromatic N) is 1. The highest BCUT2D eigenvalue weighted by Crippen LogP contribution is 2.25. The van der Waals surface area contributed by atoms with Crippen LogP contribution in [0.3, 0.4) is 0 Å². The number of amides is 1. The van der Waals surface area contributed by atoms with Gasteiger partial charge in [0.05, 0.1) is 11.9 Å². The SMILES string of the molecule is CS(=O)(=O)Nc1ccc2cc(C(=O)Nc3cc(-c4ccc(F)cc4F)ccn3)[nH]c2c1. The standard InChI is InChI=1S/C21H16F2N4O3S/c1-31(29,30)27-15-4-2-13-8-19(25-18(13)11-15)21(28)26-20-9-12(6-7-24-20)16-5-3-14(22)10-17(16)23/h2-11,25,27H,1H3,(H,24,26,28). The number of hydrogen-bond acceptors (Lipinski definition) is 4. The van der Waals surface area contributed by atoms with Gasteiger partial charge in [-0.2, -0.15) is 0 Å². The van der Waals surface area contributed by atoms with Crippen LogP contribution in [-0.4, -0.2) is 30.5 Å². The summed E-state index contributed by atoms with van der Waals surface area (Å²) in [6.07, 6.45) is 2.45. The number of pyridine rings is 1. The molecule has 0 radical (unpaired) electrons. The molecule has 1 amide bonds. The Bertz CT molecular complexity index is 1420. The van der Waals surface area contributed by atoms with E-state index in [1.54, 1.807) is 30.3 Å². The predicted octanol–water partition coefficient (Wildman–Crippen LogP) is 4.13. The maximum Gasteiger partial charge on any atom is 0.273 e. The van der Waals surface area contributed by atoms with Crippen LogP contribution in [-0.2, 0) is 10.0 Å². The van der Waals surface area contributed by atoms with Gasteiger partial charge in [-0.3, -0.25) is 9.52 Å². The Morgan fingerprint density at radius 1 is 1.03 bits per heavy atom. The Hall–Kier alpha value is -3.79. The van der Waals surface area contributed by atoms with Gasteiger partial charge in [0.15, 0.2) is 0 Å². The molecule has 3 N–H and O–H groups in total. The van der Waals surface area contributed by atoms with Crippen molar-refractivity contribution < 1.29 is 22.0 Å². The number of carbonyl (C=O) groups excluding carboxylic acids is 1. The van der Waals surface area contributed by atoms with Crippen LogP contribution in [0, 0.1) is 11.6 Å². The number of rotatable bonds is 5. The summed E-state index contributed by atoms with van der Waals surface area (Å²) in [6, 6.07) is 12.7. The summed E-state index contributed by atoms with van der Waals surface area (Å²) in [4.78, 5) is 19.6. The quantitative estimate of drug-likeness (QED) is 0.432. The third kappa shape index (κ3) is 4.69. The summed E-state index contributed by atoms with van der Waals surface area (Å²) in [5, 5.41) is 3.33. The predicted molar refractivity (Wildman–Crippen MR) is 114 cm³/mol. The van der Waals surface area contributed by atoms with Crippen LogP contribution in [0.15, 0.2) is 60.8 Å². The van der Waals surface area contributed by atoms with Crippen LogP contribution in [0.4, 0.5) is 20.3 Å². The van der Waals surface area contributed by atoms with Crippen LogP contribution in [0.5, 0.6) is 0 Å². The Balaban J connectivity index is 1.57. The lowest BCUT2D eigenvalue weighted by atomic mass is 10.1. The molecule has 0 aliphatic carbocycles. The summed E-state index contributed by atoms with van der Waals surface area (Å²) in [5.41, 5.74) is 1.76. The maximum absolute atomic E-state index is 14.1. The lowest BCUT2D eigenvalue weighted by Gasteiger charge is -2.07. The number of sulfonamides is 1. The number of benzene rings is 2. The van der Waals surface area contributed by atoms with Crippen molar-refractivity contribution in [3.05, 3.63) is 78.1 Å². The molecule has 0 bridgehead atoms. The third-order valence-electron chi connectivity index (χ3n) is 4.41. The number of carbonyl (C=O) groups is 1. The molecule has 2 aromatic carbocycles. The van der Waals surface area contributed by atoms with Crippen molar-refractivity contribution in [3.63, 3.8) is 0 Å². The zero-order chi connectivity index (χ0) is 22.2. The Kier molecular flexibility index (Phi) is 5.15. The van der Waals surface area contributed by atoms with E-state index in [-0.39, 0.29) is 17.1 Å². The van der Waals surface area contributed by atoms with Crippen LogP contribution in [0.2, 0.25) is 0 Å². The van der Waals surface area contributed by atoms with Gasteiger partial charge in [-0.25, -0.2) is 22.2 Å². The average molecular weight is 442 g/mol.